The number of halogens is 1. The van der Waals surface area contributed by atoms with Crippen molar-refractivity contribution in [3.63, 3.8) is 0 Å². The van der Waals surface area contributed by atoms with Gasteiger partial charge in [-0.2, -0.15) is 5.26 Å². The average Bonchev–Trinajstić information content (AvgIpc) is 2.38. The van der Waals surface area contributed by atoms with Gasteiger partial charge < -0.3 is 10.1 Å². The van der Waals surface area contributed by atoms with E-state index in [1.54, 1.807) is 0 Å². The molecule has 0 fully saturated rings. The predicted octanol–water partition coefficient (Wildman–Crippen LogP) is 4.16. The Balaban J connectivity index is 2.54. The highest BCUT2D eigenvalue weighted by molar-refractivity contribution is 6.32. The van der Waals surface area contributed by atoms with E-state index >= 15 is 0 Å². The second-order valence-corrected chi connectivity index (χ2v) is 6.30. The normalized spacial score (nSPS) is 11.4. The van der Waals surface area contributed by atoms with Crippen LogP contribution in [0.4, 0.5) is 0 Å². The van der Waals surface area contributed by atoms with Crippen LogP contribution in [0, 0.1) is 16.7 Å². The van der Waals surface area contributed by atoms with Gasteiger partial charge in [0.2, 0.25) is 0 Å². The monoisotopic (exact) mass is 294 g/mol. The van der Waals surface area contributed by atoms with Crippen molar-refractivity contribution in [2.24, 2.45) is 5.41 Å². The first-order valence-electron chi connectivity index (χ1n) is 6.90. The van der Waals surface area contributed by atoms with Crippen molar-refractivity contribution in [2.45, 2.75) is 46.7 Å². The van der Waals surface area contributed by atoms with Crippen molar-refractivity contribution in [1.82, 2.24) is 5.32 Å². The highest BCUT2D eigenvalue weighted by Crippen LogP contribution is 2.27. The van der Waals surface area contributed by atoms with Crippen molar-refractivity contribution in [3.8, 4) is 11.8 Å². The quantitative estimate of drug-likeness (QED) is 0.821. The lowest BCUT2D eigenvalue weighted by Crippen LogP contribution is -2.21. The van der Waals surface area contributed by atoms with Crippen molar-refractivity contribution < 1.29 is 4.74 Å². The number of ether oxygens (including phenoxy) is 1. The Kier molecular flexibility index (Phi) is 6.32. The van der Waals surface area contributed by atoms with E-state index in [-0.39, 0.29) is 5.41 Å². The zero-order valence-electron chi connectivity index (χ0n) is 12.7. The minimum absolute atomic E-state index is 0.367. The first-order valence-corrected chi connectivity index (χ1v) is 7.28. The highest BCUT2D eigenvalue weighted by Gasteiger charge is 2.16. The molecule has 0 spiro atoms. The molecule has 1 rings (SSSR count). The van der Waals surface area contributed by atoms with Crippen molar-refractivity contribution >= 4 is 11.6 Å². The molecule has 1 aromatic carbocycles. The summed E-state index contributed by atoms with van der Waals surface area (Å²) in [5.41, 5.74) is 0.765. The lowest BCUT2D eigenvalue weighted by atomic mass is 9.92. The molecule has 0 bridgehead atoms. The van der Waals surface area contributed by atoms with E-state index in [2.05, 4.69) is 25.2 Å². The smallest absolute Gasteiger partial charge is 0.137 e. The van der Waals surface area contributed by atoms with Crippen LogP contribution in [0.3, 0.4) is 0 Å². The van der Waals surface area contributed by atoms with E-state index in [0.717, 1.165) is 12.1 Å². The molecule has 0 aliphatic carbocycles. The molecule has 110 valence electrons. The van der Waals surface area contributed by atoms with Gasteiger partial charge in [-0.1, -0.05) is 31.5 Å². The molecule has 4 heteroatoms. The van der Waals surface area contributed by atoms with E-state index in [1.165, 1.54) is 0 Å². The van der Waals surface area contributed by atoms with Crippen LogP contribution < -0.4 is 10.1 Å². The molecular formula is C16H23ClN2O. The third-order valence-corrected chi connectivity index (χ3v) is 3.29. The minimum atomic E-state index is -0.367. The van der Waals surface area contributed by atoms with Gasteiger partial charge in [-0.05, 0) is 38.0 Å². The summed E-state index contributed by atoms with van der Waals surface area (Å²) in [6, 6.07) is 8.51. The number of benzene rings is 1. The number of rotatable bonds is 7. The van der Waals surface area contributed by atoms with Crippen LogP contribution in [0.15, 0.2) is 18.2 Å². The fourth-order valence-corrected chi connectivity index (χ4v) is 1.82. The summed E-state index contributed by atoms with van der Waals surface area (Å²) in [4.78, 5) is 0. The second-order valence-electron chi connectivity index (χ2n) is 5.89. The maximum Gasteiger partial charge on any atom is 0.137 e. The Morgan fingerprint density at radius 1 is 1.40 bits per heavy atom. The molecule has 0 heterocycles. The van der Waals surface area contributed by atoms with Gasteiger partial charge in [-0.15, -0.1) is 0 Å². The Hall–Kier alpha value is -1.24. The molecule has 0 atom stereocenters. The maximum atomic E-state index is 8.95. The van der Waals surface area contributed by atoms with E-state index < -0.39 is 0 Å². The molecule has 0 amide bonds. The molecule has 0 saturated heterocycles. The lowest BCUT2D eigenvalue weighted by Gasteiger charge is -2.16. The summed E-state index contributed by atoms with van der Waals surface area (Å²) in [5.74, 6) is 0.675. The number of nitriles is 1. The molecule has 0 radical (unpaired) electrons. The average molecular weight is 295 g/mol. The molecule has 0 aromatic heterocycles. The molecule has 0 aliphatic rings. The molecule has 1 aromatic rings. The summed E-state index contributed by atoms with van der Waals surface area (Å²) < 4.78 is 5.65. The SMILES string of the molecule is CC(C)NCc1ccc(OCCC(C)(C)C#N)c(Cl)c1. The van der Waals surface area contributed by atoms with Crippen LogP contribution in [0.25, 0.3) is 0 Å². The predicted molar refractivity (Wildman–Crippen MR) is 82.9 cm³/mol. The molecule has 0 unspecified atom stereocenters. The van der Waals surface area contributed by atoms with Crippen molar-refractivity contribution in [3.05, 3.63) is 28.8 Å². The van der Waals surface area contributed by atoms with E-state index in [0.29, 0.717) is 29.8 Å². The highest BCUT2D eigenvalue weighted by atomic mass is 35.5. The second kappa shape index (κ2) is 7.52. The number of hydrogen-bond acceptors (Lipinski definition) is 3. The van der Waals surface area contributed by atoms with Gasteiger partial charge in [-0.3, -0.25) is 0 Å². The van der Waals surface area contributed by atoms with Gasteiger partial charge in [0.15, 0.2) is 0 Å². The number of hydrogen-bond donors (Lipinski definition) is 1. The first kappa shape index (κ1) is 16.8. The molecule has 3 nitrogen and oxygen atoms in total. The van der Waals surface area contributed by atoms with Gasteiger partial charge in [0.05, 0.1) is 23.1 Å². The van der Waals surface area contributed by atoms with Crippen LogP contribution in [-0.2, 0) is 6.54 Å². The van der Waals surface area contributed by atoms with Gasteiger partial charge in [0.25, 0.3) is 0 Å². The van der Waals surface area contributed by atoms with Crippen LogP contribution in [0.5, 0.6) is 5.75 Å². The summed E-state index contributed by atoms with van der Waals surface area (Å²) in [6.45, 7) is 9.30. The molecule has 0 saturated carbocycles. The third-order valence-electron chi connectivity index (χ3n) is 3.00. The summed E-state index contributed by atoms with van der Waals surface area (Å²) in [5, 5.41) is 12.9. The fraction of sp³-hybridized carbons (Fsp3) is 0.562. The van der Waals surface area contributed by atoms with E-state index in [9.17, 15) is 0 Å². The first-order chi connectivity index (χ1) is 9.34. The van der Waals surface area contributed by atoms with Crippen molar-refractivity contribution in [1.29, 1.82) is 5.26 Å². The van der Waals surface area contributed by atoms with Gasteiger partial charge in [0.1, 0.15) is 5.75 Å². The summed E-state index contributed by atoms with van der Waals surface area (Å²) in [6.07, 6.45) is 0.677. The minimum Gasteiger partial charge on any atom is -0.492 e. The van der Waals surface area contributed by atoms with Crippen LogP contribution >= 0.6 is 11.6 Å². The zero-order chi connectivity index (χ0) is 15.2. The number of nitrogens with zero attached hydrogens (tertiary/aromatic N) is 1. The molecule has 1 N–H and O–H groups in total. The van der Waals surface area contributed by atoms with Crippen LogP contribution in [0.2, 0.25) is 5.02 Å². The third kappa shape index (κ3) is 5.81. The Morgan fingerprint density at radius 3 is 2.65 bits per heavy atom. The van der Waals surface area contributed by atoms with Crippen molar-refractivity contribution in [2.75, 3.05) is 6.61 Å². The van der Waals surface area contributed by atoms with E-state index in [1.807, 2.05) is 32.0 Å². The van der Waals surface area contributed by atoms with Gasteiger partial charge in [-0.25, -0.2) is 0 Å². The topological polar surface area (TPSA) is 45.0 Å². The Bertz CT molecular complexity index is 478. The summed E-state index contributed by atoms with van der Waals surface area (Å²) in [7, 11) is 0. The zero-order valence-corrected chi connectivity index (χ0v) is 13.4. The molecule has 20 heavy (non-hydrogen) atoms. The van der Waals surface area contributed by atoms with E-state index in [4.69, 9.17) is 21.6 Å². The largest absolute Gasteiger partial charge is 0.492 e. The molecular weight excluding hydrogens is 272 g/mol. The Labute approximate surface area is 126 Å². The maximum absolute atomic E-state index is 8.95. The van der Waals surface area contributed by atoms with Gasteiger partial charge >= 0.3 is 0 Å². The van der Waals surface area contributed by atoms with Gasteiger partial charge in [0, 0.05) is 12.6 Å². The van der Waals surface area contributed by atoms with Crippen LogP contribution in [-0.4, -0.2) is 12.6 Å². The fourth-order valence-electron chi connectivity index (χ4n) is 1.57. The lowest BCUT2D eigenvalue weighted by molar-refractivity contribution is 0.264. The molecule has 0 aliphatic heterocycles. The standard InChI is InChI=1S/C16H23ClN2O/c1-12(2)19-10-13-5-6-15(14(17)9-13)20-8-7-16(3,4)11-18/h5-6,9,12,19H,7-8,10H2,1-4H3. The summed E-state index contributed by atoms with van der Waals surface area (Å²) >= 11 is 6.21. The number of nitrogens with one attached hydrogen (secondary N) is 1. The van der Waals surface area contributed by atoms with Crippen LogP contribution in [0.1, 0.15) is 39.7 Å². The Morgan fingerprint density at radius 2 is 2.10 bits per heavy atom.